The van der Waals surface area contributed by atoms with Crippen molar-refractivity contribution in [1.82, 2.24) is 0 Å². The van der Waals surface area contributed by atoms with E-state index in [0.717, 1.165) is 0 Å². The Bertz CT molecular complexity index is 464. The third-order valence-corrected chi connectivity index (χ3v) is 3.32. The van der Waals surface area contributed by atoms with Crippen LogP contribution in [0.1, 0.15) is 6.42 Å². The van der Waals surface area contributed by atoms with Gasteiger partial charge in [-0.3, -0.25) is 4.79 Å². The Hall–Kier alpha value is -1.19. The molecule has 1 fully saturated rings. The third-order valence-electron chi connectivity index (χ3n) is 2.82. The smallest absolute Gasteiger partial charge is 0.227 e. The van der Waals surface area contributed by atoms with E-state index in [1.165, 1.54) is 0 Å². The number of carbonyl (C=O) groups excluding carboxylic acids is 1. The standard InChI is InChI=1S/C12H12Cl2N2O/c1-2-7-3-11(17)16(6-7)12-9(14)4-8(13)5-10(12)15/h2,4-5,7H,1,3,6,15H2. The van der Waals surface area contributed by atoms with Gasteiger partial charge in [0.1, 0.15) is 0 Å². The summed E-state index contributed by atoms with van der Waals surface area (Å²) in [5.74, 6) is 0.152. The summed E-state index contributed by atoms with van der Waals surface area (Å²) in [5, 5.41) is 0.858. The van der Waals surface area contributed by atoms with Gasteiger partial charge in [0, 0.05) is 23.9 Å². The molecule has 2 rings (SSSR count). The quantitative estimate of drug-likeness (QED) is 0.663. The van der Waals surface area contributed by atoms with E-state index in [9.17, 15) is 4.79 Å². The van der Waals surface area contributed by atoms with Crippen LogP contribution >= 0.6 is 23.2 Å². The van der Waals surface area contributed by atoms with Gasteiger partial charge in [-0.1, -0.05) is 29.3 Å². The summed E-state index contributed by atoms with van der Waals surface area (Å²) in [6.07, 6.45) is 2.22. The second-order valence-corrected chi connectivity index (χ2v) is 4.87. The van der Waals surface area contributed by atoms with E-state index in [-0.39, 0.29) is 11.8 Å². The summed E-state index contributed by atoms with van der Waals surface area (Å²) in [6.45, 7) is 4.26. The minimum atomic E-state index is 0.00539. The molecule has 0 bridgehead atoms. The fourth-order valence-corrected chi connectivity index (χ4v) is 2.59. The highest BCUT2D eigenvalue weighted by Gasteiger charge is 2.31. The molecule has 1 atom stereocenters. The summed E-state index contributed by atoms with van der Waals surface area (Å²) in [4.78, 5) is 13.5. The lowest BCUT2D eigenvalue weighted by Crippen LogP contribution is -2.25. The Morgan fingerprint density at radius 2 is 2.18 bits per heavy atom. The number of nitrogen functional groups attached to an aromatic ring is 1. The van der Waals surface area contributed by atoms with Crippen LogP contribution in [0, 0.1) is 5.92 Å². The second kappa shape index (κ2) is 4.59. The molecule has 1 heterocycles. The van der Waals surface area contributed by atoms with Gasteiger partial charge in [0.25, 0.3) is 0 Å². The monoisotopic (exact) mass is 270 g/mol. The Balaban J connectivity index is 2.41. The zero-order valence-corrected chi connectivity index (χ0v) is 10.6. The Morgan fingerprint density at radius 1 is 1.47 bits per heavy atom. The largest absolute Gasteiger partial charge is 0.397 e. The normalized spacial score (nSPS) is 19.8. The van der Waals surface area contributed by atoms with Crippen molar-refractivity contribution < 1.29 is 4.79 Å². The van der Waals surface area contributed by atoms with E-state index in [4.69, 9.17) is 28.9 Å². The molecule has 0 saturated carbocycles. The highest BCUT2D eigenvalue weighted by Crippen LogP contribution is 2.38. The maximum atomic E-state index is 11.9. The predicted molar refractivity (Wildman–Crippen MR) is 71.5 cm³/mol. The fourth-order valence-electron chi connectivity index (χ4n) is 1.98. The molecule has 17 heavy (non-hydrogen) atoms. The third kappa shape index (κ3) is 2.26. The molecule has 1 aromatic rings. The minimum absolute atomic E-state index is 0.00539. The Kier molecular flexibility index (Phi) is 3.31. The molecule has 1 aliphatic rings. The molecule has 1 unspecified atom stereocenters. The SMILES string of the molecule is C=CC1CC(=O)N(c2c(N)cc(Cl)cc2Cl)C1. The van der Waals surface area contributed by atoms with Gasteiger partial charge < -0.3 is 10.6 Å². The van der Waals surface area contributed by atoms with Gasteiger partial charge in [-0.05, 0) is 12.1 Å². The molecule has 0 radical (unpaired) electrons. The first-order chi connectivity index (χ1) is 8.02. The van der Waals surface area contributed by atoms with Crippen LogP contribution in [-0.4, -0.2) is 12.5 Å². The fraction of sp³-hybridized carbons (Fsp3) is 0.250. The maximum Gasteiger partial charge on any atom is 0.227 e. The van der Waals surface area contributed by atoms with Gasteiger partial charge in [-0.15, -0.1) is 6.58 Å². The number of halogens is 2. The van der Waals surface area contributed by atoms with Crippen molar-refractivity contribution in [2.24, 2.45) is 5.92 Å². The van der Waals surface area contributed by atoms with Crippen molar-refractivity contribution in [1.29, 1.82) is 0 Å². The van der Waals surface area contributed by atoms with E-state index >= 15 is 0 Å². The number of carbonyl (C=O) groups is 1. The number of nitrogens with two attached hydrogens (primary N) is 1. The van der Waals surface area contributed by atoms with Crippen molar-refractivity contribution in [3.8, 4) is 0 Å². The predicted octanol–water partition coefficient (Wildman–Crippen LogP) is 3.11. The van der Waals surface area contributed by atoms with Crippen molar-refractivity contribution in [2.45, 2.75) is 6.42 Å². The summed E-state index contributed by atoms with van der Waals surface area (Å²) >= 11 is 11.9. The molecule has 1 aliphatic heterocycles. The number of hydrogen-bond acceptors (Lipinski definition) is 2. The van der Waals surface area contributed by atoms with E-state index in [2.05, 4.69) is 6.58 Å². The van der Waals surface area contributed by atoms with Gasteiger partial charge in [-0.25, -0.2) is 0 Å². The van der Waals surface area contributed by atoms with E-state index in [0.29, 0.717) is 34.4 Å². The van der Waals surface area contributed by atoms with Gasteiger partial charge in [0.05, 0.1) is 16.4 Å². The zero-order chi connectivity index (χ0) is 12.6. The zero-order valence-electron chi connectivity index (χ0n) is 9.12. The second-order valence-electron chi connectivity index (χ2n) is 4.03. The lowest BCUT2D eigenvalue weighted by molar-refractivity contribution is -0.117. The maximum absolute atomic E-state index is 11.9. The molecule has 0 aliphatic carbocycles. The molecule has 0 aromatic heterocycles. The molecular weight excluding hydrogens is 259 g/mol. The van der Waals surface area contributed by atoms with Crippen LogP contribution in [0.3, 0.4) is 0 Å². The lowest BCUT2D eigenvalue weighted by atomic mass is 10.1. The molecule has 2 N–H and O–H groups in total. The van der Waals surface area contributed by atoms with Crippen LogP contribution < -0.4 is 10.6 Å². The van der Waals surface area contributed by atoms with Gasteiger partial charge in [0.15, 0.2) is 0 Å². The molecule has 0 spiro atoms. The van der Waals surface area contributed by atoms with Crippen LogP contribution in [0.4, 0.5) is 11.4 Å². The first-order valence-electron chi connectivity index (χ1n) is 5.20. The van der Waals surface area contributed by atoms with Gasteiger partial charge in [-0.2, -0.15) is 0 Å². The molecule has 5 heteroatoms. The summed E-state index contributed by atoms with van der Waals surface area (Å²) < 4.78 is 0. The highest BCUT2D eigenvalue weighted by atomic mass is 35.5. The van der Waals surface area contributed by atoms with Gasteiger partial charge >= 0.3 is 0 Å². The summed E-state index contributed by atoms with van der Waals surface area (Å²) in [7, 11) is 0. The van der Waals surface area contributed by atoms with Crippen LogP contribution in [0.25, 0.3) is 0 Å². The number of hydrogen-bond donors (Lipinski definition) is 1. The van der Waals surface area contributed by atoms with Crippen LogP contribution in [0.15, 0.2) is 24.8 Å². The topological polar surface area (TPSA) is 46.3 Å². The molecular formula is C12H12Cl2N2O. The van der Waals surface area contributed by atoms with Crippen LogP contribution in [0.5, 0.6) is 0 Å². The highest BCUT2D eigenvalue weighted by molar-refractivity contribution is 6.37. The Morgan fingerprint density at radius 3 is 2.71 bits per heavy atom. The molecule has 1 aromatic carbocycles. The van der Waals surface area contributed by atoms with E-state index < -0.39 is 0 Å². The first-order valence-corrected chi connectivity index (χ1v) is 5.96. The number of anilines is 2. The van der Waals surface area contributed by atoms with Crippen molar-refractivity contribution >= 4 is 40.5 Å². The molecule has 90 valence electrons. The molecule has 1 saturated heterocycles. The average Bonchev–Trinajstić information content (AvgIpc) is 2.59. The van der Waals surface area contributed by atoms with Crippen molar-refractivity contribution in [3.05, 3.63) is 34.8 Å². The summed E-state index contributed by atoms with van der Waals surface area (Å²) in [6, 6.07) is 3.18. The first kappa shape index (κ1) is 12.3. The average molecular weight is 271 g/mol. The number of rotatable bonds is 2. The number of amides is 1. The van der Waals surface area contributed by atoms with Crippen LogP contribution in [0.2, 0.25) is 10.0 Å². The van der Waals surface area contributed by atoms with Crippen molar-refractivity contribution in [3.63, 3.8) is 0 Å². The molecule has 1 amide bonds. The lowest BCUT2D eigenvalue weighted by Gasteiger charge is -2.20. The van der Waals surface area contributed by atoms with Crippen LogP contribution in [-0.2, 0) is 4.79 Å². The van der Waals surface area contributed by atoms with Gasteiger partial charge in [0.2, 0.25) is 5.91 Å². The Labute approximate surface area is 110 Å². The van der Waals surface area contributed by atoms with Crippen molar-refractivity contribution in [2.75, 3.05) is 17.2 Å². The summed E-state index contributed by atoms with van der Waals surface area (Å²) in [5.41, 5.74) is 6.83. The van der Waals surface area contributed by atoms with E-state index in [1.54, 1.807) is 23.1 Å². The van der Waals surface area contributed by atoms with E-state index in [1.807, 2.05) is 0 Å². The number of nitrogens with zero attached hydrogens (tertiary/aromatic N) is 1. The minimum Gasteiger partial charge on any atom is -0.397 e. The number of benzene rings is 1. The molecule has 3 nitrogen and oxygen atoms in total.